The van der Waals surface area contributed by atoms with E-state index < -0.39 is 5.41 Å². The van der Waals surface area contributed by atoms with E-state index >= 15 is 0 Å². The van der Waals surface area contributed by atoms with Crippen molar-refractivity contribution in [3.05, 3.63) is 58.1 Å². The van der Waals surface area contributed by atoms with Gasteiger partial charge < -0.3 is 15.5 Å². The van der Waals surface area contributed by atoms with E-state index in [1.165, 1.54) is 0 Å². The third kappa shape index (κ3) is 6.92. The van der Waals surface area contributed by atoms with Gasteiger partial charge in [-0.05, 0) is 48.7 Å². The summed E-state index contributed by atoms with van der Waals surface area (Å²) in [6, 6.07) is 12.3. The molecule has 2 N–H and O–H groups in total. The minimum absolute atomic E-state index is 0.128. The fourth-order valence-corrected chi connectivity index (χ4v) is 3.25. The highest BCUT2D eigenvalue weighted by atomic mass is 35.5. The molecule has 0 bridgehead atoms. The van der Waals surface area contributed by atoms with Crippen LogP contribution in [0.25, 0.3) is 0 Å². The predicted octanol–water partition coefficient (Wildman–Crippen LogP) is 6.46. The van der Waals surface area contributed by atoms with Crippen LogP contribution < -0.4 is 10.6 Å². The van der Waals surface area contributed by atoms with Crippen molar-refractivity contribution < 1.29 is 9.59 Å². The van der Waals surface area contributed by atoms with Crippen molar-refractivity contribution in [1.29, 1.82) is 0 Å². The van der Waals surface area contributed by atoms with Crippen LogP contribution in [0.2, 0.25) is 10.0 Å². The first-order valence-corrected chi connectivity index (χ1v) is 10.8. The predicted molar refractivity (Wildman–Crippen MR) is 126 cm³/mol. The monoisotopic (exact) mass is 449 g/mol. The third-order valence-corrected chi connectivity index (χ3v) is 5.55. The van der Waals surface area contributed by atoms with Gasteiger partial charge in [0.1, 0.15) is 0 Å². The number of nitrogens with zero attached hydrogens (tertiary/aromatic N) is 1. The summed E-state index contributed by atoms with van der Waals surface area (Å²) in [5.41, 5.74) is 1.51. The number of amides is 3. The van der Waals surface area contributed by atoms with Crippen LogP contribution in [0.3, 0.4) is 0 Å². The number of carbonyl (C=O) groups excluding carboxylic acids is 2. The van der Waals surface area contributed by atoms with Gasteiger partial charge >= 0.3 is 6.03 Å². The van der Waals surface area contributed by atoms with Crippen LogP contribution in [0, 0.1) is 5.41 Å². The van der Waals surface area contributed by atoms with Crippen molar-refractivity contribution in [2.24, 2.45) is 5.41 Å². The number of carbonyl (C=O) groups is 2. The van der Waals surface area contributed by atoms with Crippen molar-refractivity contribution in [2.45, 2.75) is 40.0 Å². The molecule has 0 heterocycles. The zero-order valence-electron chi connectivity index (χ0n) is 17.9. The molecule has 0 radical (unpaired) electrons. The summed E-state index contributed by atoms with van der Waals surface area (Å²) < 4.78 is 0. The minimum Gasteiger partial charge on any atom is -0.328 e. The number of urea groups is 1. The van der Waals surface area contributed by atoms with Crippen LogP contribution in [-0.4, -0.2) is 30.4 Å². The van der Waals surface area contributed by atoms with Crippen molar-refractivity contribution in [2.75, 3.05) is 24.2 Å². The second-order valence-electron chi connectivity index (χ2n) is 8.05. The smallest absolute Gasteiger partial charge is 0.321 e. The minimum atomic E-state index is -0.670. The summed E-state index contributed by atoms with van der Waals surface area (Å²) >= 11 is 12.1. The number of halogens is 2. The van der Waals surface area contributed by atoms with Crippen molar-refractivity contribution >= 4 is 46.5 Å². The summed E-state index contributed by atoms with van der Waals surface area (Å²) in [7, 11) is 1.77. The van der Waals surface area contributed by atoms with Crippen molar-refractivity contribution in [3.8, 4) is 0 Å². The molecule has 2 rings (SSSR count). The number of anilines is 2. The molecule has 0 aliphatic carbocycles. The molecule has 0 unspecified atom stereocenters. The largest absolute Gasteiger partial charge is 0.328 e. The van der Waals surface area contributed by atoms with E-state index in [9.17, 15) is 9.59 Å². The summed E-state index contributed by atoms with van der Waals surface area (Å²) in [4.78, 5) is 26.8. The highest BCUT2D eigenvalue weighted by Crippen LogP contribution is 2.29. The van der Waals surface area contributed by atoms with Crippen LogP contribution >= 0.6 is 23.2 Å². The standard InChI is InChI=1S/C23H29Cl2N3O2/c1-5-6-12-28(4)22(30)27-18-9-7-8-17(14-18)26-21(29)23(2,3)15-16-10-11-19(24)20(25)13-16/h7-11,13-14H,5-6,12,15H2,1-4H3,(H,26,29)(H,27,30). The van der Waals surface area contributed by atoms with Gasteiger partial charge in [0.2, 0.25) is 5.91 Å². The molecule has 0 aliphatic heterocycles. The molecule has 0 fully saturated rings. The number of hydrogen-bond acceptors (Lipinski definition) is 2. The molecule has 7 heteroatoms. The van der Waals surface area contributed by atoms with E-state index in [-0.39, 0.29) is 11.9 Å². The number of rotatable bonds is 8. The first kappa shape index (κ1) is 24.0. The summed E-state index contributed by atoms with van der Waals surface area (Å²) in [5, 5.41) is 6.76. The van der Waals surface area contributed by atoms with Gasteiger partial charge in [0.05, 0.1) is 10.0 Å². The summed E-state index contributed by atoms with van der Waals surface area (Å²) in [6.07, 6.45) is 2.49. The molecule has 162 valence electrons. The highest BCUT2D eigenvalue weighted by Gasteiger charge is 2.28. The number of hydrogen-bond donors (Lipinski definition) is 2. The van der Waals surface area contributed by atoms with Crippen LogP contribution in [0.15, 0.2) is 42.5 Å². The van der Waals surface area contributed by atoms with Crippen molar-refractivity contribution in [3.63, 3.8) is 0 Å². The molecule has 2 aromatic rings. The Morgan fingerprint density at radius 2 is 1.67 bits per heavy atom. The van der Waals surface area contributed by atoms with Gasteiger partial charge in [-0.2, -0.15) is 0 Å². The van der Waals surface area contributed by atoms with Gasteiger partial charge in [-0.3, -0.25) is 4.79 Å². The Morgan fingerprint density at radius 1 is 1.00 bits per heavy atom. The number of nitrogens with one attached hydrogen (secondary N) is 2. The maximum absolute atomic E-state index is 12.9. The second-order valence-corrected chi connectivity index (χ2v) is 8.86. The average Bonchev–Trinajstić information content (AvgIpc) is 2.68. The van der Waals surface area contributed by atoms with Gasteiger partial charge in [0, 0.05) is 30.4 Å². The van der Waals surface area contributed by atoms with Gasteiger partial charge in [0.15, 0.2) is 0 Å². The number of unbranched alkanes of at least 4 members (excludes halogenated alkanes) is 1. The molecular weight excluding hydrogens is 421 g/mol. The first-order valence-electron chi connectivity index (χ1n) is 10.00. The molecule has 0 spiro atoms. The topological polar surface area (TPSA) is 61.4 Å². The Morgan fingerprint density at radius 3 is 2.30 bits per heavy atom. The molecule has 0 saturated heterocycles. The fourth-order valence-electron chi connectivity index (χ4n) is 2.93. The Balaban J connectivity index is 2.02. The van der Waals surface area contributed by atoms with Gasteiger partial charge in [-0.1, -0.05) is 62.5 Å². The lowest BCUT2D eigenvalue weighted by molar-refractivity contribution is -0.123. The zero-order valence-corrected chi connectivity index (χ0v) is 19.4. The maximum Gasteiger partial charge on any atom is 0.321 e. The Hall–Kier alpha value is -2.24. The molecule has 0 aromatic heterocycles. The quantitative estimate of drug-likeness (QED) is 0.485. The summed E-state index contributed by atoms with van der Waals surface area (Å²) in [5.74, 6) is -0.128. The second kappa shape index (κ2) is 10.7. The normalized spacial score (nSPS) is 11.1. The Labute approximate surface area is 188 Å². The van der Waals surface area contributed by atoms with E-state index in [2.05, 4.69) is 17.6 Å². The molecule has 0 atom stereocenters. The average molecular weight is 450 g/mol. The van der Waals surface area contributed by atoms with E-state index in [4.69, 9.17) is 23.2 Å². The Bertz CT molecular complexity index is 900. The lowest BCUT2D eigenvalue weighted by Crippen LogP contribution is -2.33. The van der Waals surface area contributed by atoms with Crippen molar-refractivity contribution in [1.82, 2.24) is 4.90 Å². The van der Waals surface area contributed by atoms with E-state index in [1.54, 1.807) is 48.3 Å². The van der Waals surface area contributed by atoms with E-state index in [0.29, 0.717) is 34.4 Å². The van der Waals surface area contributed by atoms with Crippen LogP contribution in [0.1, 0.15) is 39.2 Å². The van der Waals surface area contributed by atoms with Gasteiger partial charge in [0.25, 0.3) is 0 Å². The lowest BCUT2D eigenvalue weighted by Gasteiger charge is -2.24. The van der Waals surface area contributed by atoms with E-state index in [1.807, 2.05) is 19.9 Å². The molecular formula is C23H29Cl2N3O2. The van der Waals surface area contributed by atoms with Crippen LogP contribution in [-0.2, 0) is 11.2 Å². The number of benzene rings is 2. The molecule has 0 aliphatic rings. The van der Waals surface area contributed by atoms with Crippen LogP contribution in [0.4, 0.5) is 16.2 Å². The fraction of sp³-hybridized carbons (Fsp3) is 0.391. The molecule has 3 amide bonds. The van der Waals surface area contributed by atoms with Crippen LogP contribution in [0.5, 0.6) is 0 Å². The molecule has 30 heavy (non-hydrogen) atoms. The maximum atomic E-state index is 12.9. The lowest BCUT2D eigenvalue weighted by atomic mass is 9.84. The molecule has 2 aromatic carbocycles. The molecule has 5 nitrogen and oxygen atoms in total. The van der Waals surface area contributed by atoms with Gasteiger partial charge in [-0.15, -0.1) is 0 Å². The molecule has 0 saturated carbocycles. The first-order chi connectivity index (χ1) is 14.1. The Kier molecular flexibility index (Phi) is 8.56. The zero-order chi connectivity index (χ0) is 22.3. The summed E-state index contributed by atoms with van der Waals surface area (Å²) in [6.45, 7) is 6.53. The van der Waals surface area contributed by atoms with E-state index in [0.717, 1.165) is 18.4 Å². The third-order valence-electron chi connectivity index (χ3n) is 4.81. The van der Waals surface area contributed by atoms with Gasteiger partial charge in [-0.25, -0.2) is 4.79 Å². The highest BCUT2D eigenvalue weighted by molar-refractivity contribution is 6.42. The SMILES string of the molecule is CCCCN(C)C(=O)Nc1cccc(NC(=O)C(C)(C)Cc2ccc(Cl)c(Cl)c2)c1.